The van der Waals surface area contributed by atoms with Crippen molar-refractivity contribution >= 4 is 5.97 Å². The highest BCUT2D eigenvalue weighted by Crippen LogP contribution is 2.09. The molecule has 0 aliphatic rings. The second kappa shape index (κ2) is 9.36. The van der Waals surface area contributed by atoms with E-state index in [0.29, 0.717) is 12.8 Å². The molecule has 4 nitrogen and oxygen atoms in total. The summed E-state index contributed by atoms with van der Waals surface area (Å²) in [7, 11) is 0. The van der Waals surface area contributed by atoms with Crippen molar-refractivity contribution in [3.8, 4) is 0 Å². The van der Waals surface area contributed by atoms with Gasteiger partial charge in [0.25, 0.3) is 0 Å². The highest BCUT2D eigenvalue weighted by atomic mass is 16.4. The quantitative estimate of drug-likeness (QED) is 0.416. The van der Waals surface area contributed by atoms with Crippen LogP contribution in [0.5, 0.6) is 0 Å². The minimum atomic E-state index is -0.910. The second-order valence-electron chi connectivity index (χ2n) is 4.12. The Bertz CT molecular complexity index is 211. The van der Waals surface area contributed by atoms with Crippen molar-refractivity contribution in [2.45, 2.75) is 57.7 Å². The van der Waals surface area contributed by atoms with Gasteiger partial charge in [0.1, 0.15) is 0 Å². The van der Waals surface area contributed by atoms with Gasteiger partial charge in [-0.2, -0.15) is 0 Å². The van der Waals surface area contributed by atoms with Gasteiger partial charge in [-0.05, 0) is 32.6 Å². The molecule has 94 valence electrons. The molecule has 0 aliphatic heterocycles. The summed E-state index contributed by atoms with van der Waals surface area (Å²) >= 11 is 0. The molecule has 0 spiro atoms. The molecule has 0 saturated heterocycles. The molecule has 0 aliphatic carbocycles. The Morgan fingerprint density at radius 1 is 1.25 bits per heavy atom. The summed E-state index contributed by atoms with van der Waals surface area (Å²) in [5, 5.41) is 26.8. The molecule has 0 fully saturated rings. The van der Waals surface area contributed by atoms with E-state index in [1.165, 1.54) is 0 Å². The summed E-state index contributed by atoms with van der Waals surface area (Å²) in [6.07, 6.45) is 6.64. The number of carboxylic acid groups (broad SMARTS) is 1. The molecule has 0 heterocycles. The van der Waals surface area contributed by atoms with Crippen molar-refractivity contribution in [1.29, 1.82) is 0 Å². The van der Waals surface area contributed by atoms with Crippen LogP contribution in [-0.4, -0.2) is 33.5 Å². The standard InChI is InChI=1S/C12H22O4/c1-10(13)9-11(14)7-5-3-2-4-6-8-12(15)16/h6,8,10-11,13-14H,2-5,7,9H2,1H3,(H,15,16). The summed E-state index contributed by atoms with van der Waals surface area (Å²) in [5.41, 5.74) is 0. The largest absolute Gasteiger partial charge is 0.478 e. The monoisotopic (exact) mass is 230 g/mol. The first-order valence-electron chi connectivity index (χ1n) is 5.78. The number of carbonyl (C=O) groups is 1. The minimum Gasteiger partial charge on any atom is -0.478 e. The van der Waals surface area contributed by atoms with E-state index in [1.807, 2.05) is 0 Å². The van der Waals surface area contributed by atoms with E-state index in [1.54, 1.807) is 13.0 Å². The zero-order valence-electron chi connectivity index (χ0n) is 9.80. The Hall–Kier alpha value is -0.870. The topological polar surface area (TPSA) is 77.8 Å². The van der Waals surface area contributed by atoms with E-state index in [4.69, 9.17) is 10.2 Å². The number of carboxylic acids is 1. The Balaban J connectivity index is 3.30. The molecule has 2 atom stereocenters. The maximum atomic E-state index is 10.1. The number of allylic oxidation sites excluding steroid dienone is 1. The smallest absolute Gasteiger partial charge is 0.327 e. The summed E-state index contributed by atoms with van der Waals surface area (Å²) in [4.78, 5) is 10.1. The van der Waals surface area contributed by atoms with Gasteiger partial charge in [-0.3, -0.25) is 0 Å². The number of rotatable bonds is 9. The fraction of sp³-hybridized carbons (Fsp3) is 0.750. The van der Waals surface area contributed by atoms with Crippen molar-refractivity contribution in [1.82, 2.24) is 0 Å². The molecule has 0 aromatic carbocycles. The first-order chi connectivity index (χ1) is 7.52. The van der Waals surface area contributed by atoms with Gasteiger partial charge in [-0.15, -0.1) is 0 Å². The van der Waals surface area contributed by atoms with E-state index in [0.717, 1.165) is 31.8 Å². The Kier molecular flexibility index (Phi) is 8.85. The first kappa shape index (κ1) is 15.1. The molecule has 0 saturated carbocycles. The van der Waals surface area contributed by atoms with Crippen molar-refractivity contribution < 1.29 is 20.1 Å². The van der Waals surface area contributed by atoms with Crippen LogP contribution in [0.25, 0.3) is 0 Å². The van der Waals surface area contributed by atoms with Crippen LogP contribution in [0.3, 0.4) is 0 Å². The fourth-order valence-corrected chi connectivity index (χ4v) is 1.51. The molecule has 0 rings (SSSR count). The third-order valence-corrected chi connectivity index (χ3v) is 2.28. The van der Waals surface area contributed by atoms with Gasteiger partial charge in [-0.25, -0.2) is 4.79 Å². The average Bonchev–Trinajstić information content (AvgIpc) is 2.14. The molecule has 0 aromatic rings. The van der Waals surface area contributed by atoms with Gasteiger partial charge in [0.05, 0.1) is 12.2 Å². The minimum absolute atomic E-state index is 0.422. The van der Waals surface area contributed by atoms with Gasteiger partial charge in [0.15, 0.2) is 0 Å². The summed E-state index contributed by atoms with van der Waals surface area (Å²) < 4.78 is 0. The third-order valence-electron chi connectivity index (χ3n) is 2.28. The van der Waals surface area contributed by atoms with Gasteiger partial charge in [-0.1, -0.05) is 18.9 Å². The molecule has 4 heteroatoms. The Labute approximate surface area is 96.6 Å². The molecule has 0 amide bonds. The van der Waals surface area contributed by atoms with Crippen molar-refractivity contribution in [3.63, 3.8) is 0 Å². The molecular weight excluding hydrogens is 208 g/mol. The summed E-state index contributed by atoms with van der Waals surface area (Å²) in [6.45, 7) is 1.67. The Morgan fingerprint density at radius 3 is 2.50 bits per heavy atom. The normalized spacial score (nSPS) is 15.2. The van der Waals surface area contributed by atoms with Gasteiger partial charge < -0.3 is 15.3 Å². The van der Waals surface area contributed by atoms with Crippen LogP contribution in [0.2, 0.25) is 0 Å². The zero-order chi connectivity index (χ0) is 12.4. The Morgan fingerprint density at radius 2 is 1.94 bits per heavy atom. The predicted octanol–water partition coefficient (Wildman–Crippen LogP) is 1.71. The van der Waals surface area contributed by atoms with Crippen LogP contribution >= 0.6 is 0 Å². The van der Waals surface area contributed by atoms with Crippen LogP contribution in [0.15, 0.2) is 12.2 Å². The lowest BCUT2D eigenvalue weighted by Gasteiger charge is -2.11. The molecule has 0 radical (unpaired) electrons. The van der Waals surface area contributed by atoms with Gasteiger partial charge in [0.2, 0.25) is 0 Å². The van der Waals surface area contributed by atoms with Crippen LogP contribution in [0.1, 0.15) is 45.4 Å². The number of hydrogen-bond donors (Lipinski definition) is 3. The van der Waals surface area contributed by atoms with Gasteiger partial charge in [0, 0.05) is 6.08 Å². The van der Waals surface area contributed by atoms with E-state index in [-0.39, 0.29) is 0 Å². The summed E-state index contributed by atoms with van der Waals surface area (Å²) in [6, 6.07) is 0. The van der Waals surface area contributed by atoms with E-state index < -0.39 is 18.2 Å². The number of aliphatic carboxylic acids is 1. The lowest BCUT2D eigenvalue weighted by molar-refractivity contribution is -0.131. The SMILES string of the molecule is CC(O)CC(O)CCCCCC=CC(=O)O. The summed E-state index contributed by atoms with van der Waals surface area (Å²) in [5.74, 6) is -0.910. The molecule has 2 unspecified atom stereocenters. The maximum Gasteiger partial charge on any atom is 0.327 e. The molecule has 16 heavy (non-hydrogen) atoms. The van der Waals surface area contributed by atoms with Gasteiger partial charge >= 0.3 is 5.97 Å². The number of unbranched alkanes of at least 4 members (excludes halogenated alkanes) is 3. The van der Waals surface area contributed by atoms with E-state index in [9.17, 15) is 9.90 Å². The van der Waals surface area contributed by atoms with Crippen LogP contribution in [-0.2, 0) is 4.79 Å². The highest BCUT2D eigenvalue weighted by Gasteiger charge is 2.06. The molecule has 0 bridgehead atoms. The van der Waals surface area contributed by atoms with Crippen LogP contribution < -0.4 is 0 Å². The lowest BCUT2D eigenvalue weighted by Crippen LogP contribution is -2.14. The number of aliphatic hydroxyl groups is 2. The third kappa shape index (κ3) is 11.2. The second-order valence-corrected chi connectivity index (χ2v) is 4.12. The van der Waals surface area contributed by atoms with Crippen LogP contribution in [0.4, 0.5) is 0 Å². The van der Waals surface area contributed by atoms with Crippen molar-refractivity contribution in [3.05, 3.63) is 12.2 Å². The lowest BCUT2D eigenvalue weighted by atomic mass is 10.0. The van der Waals surface area contributed by atoms with Crippen LogP contribution in [0, 0.1) is 0 Å². The number of hydrogen-bond acceptors (Lipinski definition) is 3. The number of aliphatic hydroxyl groups excluding tert-OH is 2. The fourth-order valence-electron chi connectivity index (χ4n) is 1.51. The molecule has 0 aromatic heterocycles. The van der Waals surface area contributed by atoms with Crippen molar-refractivity contribution in [2.24, 2.45) is 0 Å². The first-order valence-corrected chi connectivity index (χ1v) is 5.78. The van der Waals surface area contributed by atoms with Crippen molar-refractivity contribution in [2.75, 3.05) is 0 Å². The zero-order valence-corrected chi connectivity index (χ0v) is 9.80. The molecular formula is C12H22O4. The molecule has 3 N–H and O–H groups in total. The van der Waals surface area contributed by atoms with E-state index >= 15 is 0 Å². The van der Waals surface area contributed by atoms with E-state index in [2.05, 4.69) is 0 Å². The average molecular weight is 230 g/mol. The predicted molar refractivity (Wildman–Crippen MR) is 62.2 cm³/mol. The maximum absolute atomic E-state index is 10.1. The highest BCUT2D eigenvalue weighted by molar-refractivity contribution is 5.79.